The van der Waals surface area contributed by atoms with Crippen LogP contribution in [0.3, 0.4) is 0 Å². The molecule has 2 rings (SSSR count). The van der Waals surface area contributed by atoms with E-state index >= 15 is 0 Å². The first-order valence-corrected chi connectivity index (χ1v) is 7.06. The molecule has 0 aliphatic heterocycles. The Labute approximate surface area is 101 Å². The lowest BCUT2D eigenvalue weighted by molar-refractivity contribution is 0.896. The van der Waals surface area contributed by atoms with Gasteiger partial charge in [-0.15, -0.1) is 8.19 Å². The fourth-order valence-corrected chi connectivity index (χ4v) is 4.19. The van der Waals surface area contributed by atoms with Gasteiger partial charge >= 0.3 is 0 Å². The van der Waals surface area contributed by atoms with Crippen LogP contribution in [0.15, 0.2) is 22.5 Å². The lowest BCUT2D eigenvalue weighted by Gasteiger charge is -2.13. The Bertz CT molecular complexity index is 498. The van der Waals surface area contributed by atoms with Crippen LogP contribution >= 0.6 is 8.19 Å². The van der Waals surface area contributed by atoms with Crippen molar-refractivity contribution in [3.8, 4) is 0 Å². The average molecular weight is 232 g/mol. The highest BCUT2D eigenvalue weighted by atomic mass is 31.0. The number of allylic oxidation sites excluding steroid dienone is 4. The summed E-state index contributed by atoms with van der Waals surface area (Å²) in [5, 5.41) is 1.61. The molecular weight excluding hydrogens is 211 g/mol. The summed E-state index contributed by atoms with van der Waals surface area (Å²) in [5.41, 5.74) is 9.19. The third kappa shape index (κ3) is 1.52. The summed E-state index contributed by atoms with van der Waals surface area (Å²) >= 11 is 0. The van der Waals surface area contributed by atoms with Gasteiger partial charge in [0.05, 0.1) is 0 Å². The van der Waals surface area contributed by atoms with Crippen molar-refractivity contribution in [1.29, 1.82) is 0 Å². The van der Waals surface area contributed by atoms with Crippen LogP contribution in [0.1, 0.15) is 44.1 Å². The second-order valence-corrected chi connectivity index (χ2v) is 6.12. The van der Waals surface area contributed by atoms with Crippen molar-refractivity contribution in [1.82, 2.24) is 0 Å². The van der Waals surface area contributed by atoms with Gasteiger partial charge in [-0.1, -0.05) is 12.5 Å². The van der Waals surface area contributed by atoms with E-state index < -0.39 is 0 Å². The summed E-state index contributed by atoms with van der Waals surface area (Å²) in [6.45, 7) is 13.7. The van der Waals surface area contributed by atoms with Gasteiger partial charge < -0.3 is 0 Å². The Morgan fingerprint density at radius 2 is 1.62 bits per heavy atom. The highest BCUT2D eigenvalue weighted by Crippen LogP contribution is 2.46. The first kappa shape index (κ1) is 11.7. The molecule has 0 nitrogen and oxygen atoms in total. The van der Waals surface area contributed by atoms with Gasteiger partial charge in [-0.05, 0) is 73.6 Å². The molecule has 1 aromatic heterocycles. The van der Waals surface area contributed by atoms with Crippen LogP contribution in [0.25, 0.3) is 5.57 Å². The average Bonchev–Trinajstić information content (AvgIpc) is 2.66. The molecule has 2 atom stereocenters. The maximum Gasteiger partial charge on any atom is 0.00348 e. The number of rotatable bonds is 1. The molecule has 0 aromatic carbocycles. The van der Waals surface area contributed by atoms with Crippen LogP contribution in [0.5, 0.6) is 0 Å². The fraction of sp³-hybridized carbons (Fsp3) is 0.467. The second kappa shape index (κ2) is 3.93. The first-order valence-electron chi connectivity index (χ1n) is 5.98. The summed E-state index contributed by atoms with van der Waals surface area (Å²) in [7, 11) is 0.879. The van der Waals surface area contributed by atoms with Crippen molar-refractivity contribution in [3.63, 3.8) is 0 Å². The SMILES string of the molecule is CC1=C(C)C(C)C(c2[pH]cc(C)c2C)=C1C. The van der Waals surface area contributed by atoms with Gasteiger partial charge in [-0.3, -0.25) is 0 Å². The van der Waals surface area contributed by atoms with E-state index in [0.29, 0.717) is 5.92 Å². The predicted molar refractivity (Wildman–Crippen MR) is 75.5 cm³/mol. The minimum absolute atomic E-state index is 0.622. The molecule has 1 aromatic rings. The van der Waals surface area contributed by atoms with Gasteiger partial charge in [0.2, 0.25) is 0 Å². The molecule has 0 saturated heterocycles. The monoisotopic (exact) mass is 232 g/mol. The third-order valence-electron chi connectivity index (χ3n) is 4.31. The summed E-state index contributed by atoms with van der Waals surface area (Å²) in [6, 6.07) is 0. The molecule has 0 saturated carbocycles. The maximum absolute atomic E-state index is 2.39. The highest BCUT2D eigenvalue weighted by Gasteiger charge is 2.26. The van der Waals surface area contributed by atoms with Gasteiger partial charge in [0.1, 0.15) is 0 Å². The topological polar surface area (TPSA) is 0 Å². The summed E-state index contributed by atoms with van der Waals surface area (Å²) in [6.07, 6.45) is 0. The zero-order valence-electron chi connectivity index (χ0n) is 11.2. The molecule has 2 unspecified atom stereocenters. The van der Waals surface area contributed by atoms with Gasteiger partial charge in [0.25, 0.3) is 0 Å². The number of aryl methyl sites for hydroxylation is 1. The molecule has 0 N–H and O–H groups in total. The van der Waals surface area contributed by atoms with E-state index in [0.717, 1.165) is 8.19 Å². The molecule has 1 heteroatoms. The molecule has 0 fully saturated rings. The molecule has 86 valence electrons. The molecule has 1 heterocycles. The van der Waals surface area contributed by atoms with Crippen molar-refractivity contribution >= 4 is 13.8 Å². The Morgan fingerprint density at radius 3 is 2.00 bits per heavy atom. The minimum Gasteiger partial charge on any atom is -0.131 e. The molecule has 0 spiro atoms. The fourth-order valence-electron chi connectivity index (χ4n) is 2.64. The van der Waals surface area contributed by atoms with Crippen LogP contribution < -0.4 is 0 Å². The lowest BCUT2D eigenvalue weighted by Crippen LogP contribution is -1.96. The van der Waals surface area contributed by atoms with Crippen molar-refractivity contribution in [2.24, 2.45) is 5.92 Å². The standard InChI is InChI=1S/C15H21P/c1-8-7-16-15(9(8)2)14-12(5)10(3)11(4)13(14)6/h7,12,16H,1-6H3. The second-order valence-electron chi connectivity index (χ2n) is 5.04. The van der Waals surface area contributed by atoms with E-state index in [4.69, 9.17) is 0 Å². The molecular formula is C15H21P. The Kier molecular flexibility index (Phi) is 2.88. The zero-order valence-corrected chi connectivity index (χ0v) is 12.2. The van der Waals surface area contributed by atoms with Crippen LogP contribution in [0.4, 0.5) is 0 Å². The van der Waals surface area contributed by atoms with E-state index in [-0.39, 0.29) is 0 Å². The van der Waals surface area contributed by atoms with E-state index in [1.807, 2.05) is 0 Å². The summed E-state index contributed by atoms with van der Waals surface area (Å²) in [5.74, 6) is 3.01. The summed E-state index contributed by atoms with van der Waals surface area (Å²) < 4.78 is 0. The largest absolute Gasteiger partial charge is 0.131 e. The molecule has 0 amide bonds. The highest BCUT2D eigenvalue weighted by molar-refractivity contribution is 7.31. The minimum atomic E-state index is 0.622. The number of hydrogen-bond donors (Lipinski definition) is 0. The molecule has 1 aliphatic carbocycles. The maximum atomic E-state index is 2.39. The van der Waals surface area contributed by atoms with Crippen LogP contribution in [0, 0.1) is 19.8 Å². The Balaban J connectivity index is 2.57. The van der Waals surface area contributed by atoms with Crippen LogP contribution in [0.2, 0.25) is 0 Å². The van der Waals surface area contributed by atoms with Gasteiger partial charge in [0.15, 0.2) is 0 Å². The zero-order chi connectivity index (χ0) is 12.0. The Morgan fingerprint density at radius 1 is 1.00 bits per heavy atom. The Hall–Kier alpha value is -0.740. The van der Waals surface area contributed by atoms with Crippen molar-refractivity contribution < 1.29 is 0 Å². The van der Waals surface area contributed by atoms with E-state index in [2.05, 4.69) is 47.3 Å². The smallest absolute Gasteiger partial charge is 0.00348 e. The van der Waals surface area contributed by atoms with Gasteiger partial charge in [-0.25, -0.2) is 0 Å². The van der Waals surface area contributed by atoms with Crippen LogP contribution in [-0.4, -0.2) is 0 Å². The lowest BCUT2D eigenvalue weighted by atomic mass is 9.94. The first-order chi connectivity index (χ1) is 7.45. The van der Waals surface area contributed by atoms with Gasteiger partial charge in [0, 0.05) is 5.92 Å². The van der Waals surface area contributed by atoms with E-state index in [9.17, 15) is 0 Å². The normalized spacial score (nSPS) is 21.8. The van der Waals surface area contributed by atoms with Crippen molar-refractivity contribution in [2.45, 2.75) is 41.5 Å². The van der Waals surface area contributed by atoms with E-state index in [1.54, 1.807) is 16.4 Å². The van der Waals surface area contributed by atoms with Gasteiger partial charge in [-0.2, -0.15) is 0 Å². The van der Waals surface area contributed by atoms with Crippen molar-refractivity contribution in [3.05, 3.63) is 38.9 Å². The summed E-state index contributed by atoms with van der Waals surface area (Å²) in [4.78, 5) is 0. The molecule has 16 heavy (non-hydrogen) atoms. The predicted octanol–water partition coefficient (Wildman–Crippen LogP) is 5.09. The third-order valence-corrected chi connectivity index (χ3v) is 5.82. The quantitative estimate of drug-likeness (QED) is 0.632. The van der Waals surface area contributed by atoms with E-state index in [1.165, 1.54) is 22.3 Å². The van der Waals surface area contributed by atoms with Crippen LogP contribution in [-0.2, 0) is 0 Å². The number of hydrogen-bond acceptors (Lipinski definition) is 0. The molecule has 1 aliphatic rings. The molecule has 0 radical (unpaired) electrons. The molecule has 0 bridgehead atoms. The van der Waals surface area contributed by atoms with Crippen molar-refractivity contribution in [2.75, 3.05) is 0 Å².